The van der Waals surface area contributed by atoms with Crippen molar-refractivity contribution in [2.24, 2.45) is 10.7 Å². The first-order valence-corrected chi connectivity index (χ1v) is 7.60. The molecule has 1 aliphatic heterocycles. The minimum absolute atomic E-state index is 0.0553. The van der Waals surface area contributed by atoms with Crippen molar-refractivity contribution in [3.05, 3.63) is 48.0 Å². The van der Waals surface area contributed by atoms with Crippen molar-refractivity contribution in [3.63, 3.8) is 0 Å². The topological polar surface area (TPSA) is 73.4 Å². The van der Waals surface area contributed by atoms with Gasteiger partial charge in [-0.2, -0.15) is 0 Å². The van der Waals surface area contributed by atoms with Crippen LogP contribution in [0.4, 0.5) is 0 Å². The number of nitrogens with two attached hydrogens (primary N) is 1. The van der Waals surface area contributed by atoms with Crippen molar-refractivity contribution in [2.75, 3.05) is 0 Å². The number of hydrogen-bond acceptors (Lipinski definition) is 5. The number of nitrogens with zero attached hydrogens (tertiary/aromatic N) is 3. The van der Waals surface area contributed by atoms with Gasteiger partial charge >= 0.3 is 0 Å². The number of rotatable bonds is 2. The van der Waals surface area contributed by atoms with Crippen molar-refractivity contribution in [2.45, 2.75) is 37.8 Å². The molecule has 22 heavy (non-hydrogen) atoms. The second-order valence-corrected chi connectivity index (χ2v) is 5.99. The molecule has 1 spiro atoms. The van der Waals surface area contributed by atoms with Crippen LogP contribution in [0.15, 0.2) is 41.9 Å². The van der Waals surface area contributed by atoms with Crippen molar-refractivity contribution in [3.8, 4) is 11.1 Å². The van der Waals surface area contributed by atoms with Gasteiger partial charge in [-0.05, 0) is 23.1 Å². The van der Waals surface area contributed by atoms with Gasteiger partial charge in [0.25, 0.3) is 6.02 Å². The molecule has 4 rings (SSSR count). The second kappa shape index (κ2) is 4.80. The Morgan fingerprint density at radius 1 is 1.27 bits per heavy atom. The summed E-state index contributed by atoms with van der Waals surface area (Å²) in [5.74, 6) is 0. The molecule has 1 aromatic heterocycles. The van der Waals surface area contributed by atoms with Crippen LogP contribution >= 0.6 is 0 Å². The molecule has 2 aromatic rings. The molecule has 0 saturated carbocycles. The molecule has 5 nitrogen and oxygen atoms in total. The minimum atomic E-state index is -0.243. The van der Waals surface area contributed by atoms with Gasteiger partial charge in [-0.25, -0.2) is 15.0 Å². The van der Waals surface area contributed by atoms with Crippen LogP contribution in [0.5, 0.6) is 0 Å². The van der Waals surface area contributed by atoms with E-state index in [1.165, 1.54) is 16.7 Å². The normalized spacial score (nSPS) is 25.9. The highest BCUT2D eigenvalue weighted by molar-refractivity contribution is 5.76. The van der Waals surface area contributed by atoms with E-state index < -0.39 is 0 Å². The van der Waals surface area contributed by atoms with Gasteiger partial charge in [-0.3, -0.25) is 0 Å². The summed E-state index contributed by atoms with van der Waals surface area (Å²) in [5.41, 5.74) is 10.5. The Morgan fingerprint density at radius 3 is 2.86 bits per heavy atom. The lowest BCUT2D eigenvalue weighted by Crippen LogP contribution is -2.38. The van der Waals surface area contributed by atoms with Gasteiger partial charge in [0.05, 0.1) is 0 Å². The summed E-state index contributed by atoms with van der Waals surface area (Å²) in [6, 6.07) is 6.71. The lowest BCUT2D eigenvalue weighted by molar-refractivity contribution is 0.134. The molecule has 0 bridgehead atoms. The highest BCUT2D eigenvalue weighted by Gasteiger charge is 2.49. The first-order valence-electron chi connectivity index (χ1n) is 7.60. The largest absolute Gasteiger partial charge is 0.460 e. The van der Waals surface area contributed by atoms with Crippen LogP contribution in [-0.2, 0) is 17.6 Å². The predicted octanol–water partition coefficient (Wildman–Crippen LogP) is 2.10. The Balaban J connectivity index is 1.79. The van der Waals surface area contributed by atoms with Crippen molar-refractivity contribution >= 4 is 6.02 Å². The fourth-order valence-corrected chi connectivity index (χ4v) is 3.76. The Hall–Kier alpha value is -2.43. The smallest absolute Gasteiger partial charge is 0.282 e. The number of ether oxygens (including phenoxy) is 1. The molecule has 112 valence electrons. The number of aliphatic imine (C=N–C) groups is 1. The zero-order chi connectivity index (χ0) is 15.2. The highest BCUT2D eigenvalue weighted by Crippen LogP contribution is 2.43. The van der Waals surface area contributed by atoms with E-state index in [0.29, 0.717) is 6.02 Å². The Morgan fingerprint density at radius 2 is 2.09 bits per heavy atom. The van der Waals surface area contributed by atoms with Gasteiger partial charge in [0.1, 0.15) is 18.0 Å². The number of hydrogen-bond donors (Lipinski definition) is 1. The molecule has 2 heterocycles. The van der Waals surface area contributed by atoms with E-state index in [9.17, 15) is 0 Å². The summed E-state index contributed by atoms with van der Waals surface area (Å²) in [4.78, 5) is 12.9. The van der Waals surface area contributed by atoms with Gasteiger partial charge < -0.3 is 10.5 Å². The molecule has 0 fully saturated rings. The summed E-state index contributed by atoms with van der Waals surface area (Å²) in [7, 11) is 0. The van der Waals surface area contributed by atoms with Crippen molar-refractivity contribution in [1.82, 2.24) is 9.97 Å². The zero-order valence-electron chi connectivity index (χ0n) is 12.5. The molecule has 0 amide bonds. The van der Waals surface area contributed by atoms with Crippen LogP contribution in [0.1, 0.15) is 24.5 Å². The molecule has 1 aromatic carbocycles. The first kappa shape index (κ1) is 13.2. The average molecular weight is 294 g/mol. The SMILES string of the molecule is CCC1OC(N)=NC12Cc1cccc(-c3cncnc3)c1C2. The van der Waals surface area contributed by atoms with Gasteiger partial charge in [0.2, 0.25) is 0 Å². The third-order valence-corrected chi connectivity index (χ3v) is 4.69. The van der Waals surface area contributed by atoms with Gasteiger partial charge in [0, 0.05) is 30.8 Å². The third kappa shape index (κ3) is 1.89. The second-order valence-electron chi connectivity index (χ2n) is 5.99. The minimum Gasteiger partial charge on any atom is -0.460 e. The van der Waals surface area contributed by atoms with E-state index >= 15 is 0 Å². The van der Waals surface area contributed by atoms with Crippen molar-refractivity contribution < 1.29 is 4.74 Å². The standard InChI is InChI=1S/C17H18N4O/c1-2-15-17(21-16(18)22-15)6-11-4-3-5-13(14(11)7-17)12-8-19-10-20-9-12/h3-5,8-10,15H,2,6-7H2,1H3,(H2,18,21). The number of fused-ring (bicyclic) bond motifs is 1. The zero-order valence-corrected chi connectivity index (χ0v) is 12.5. The van der Waals surface area contributed by atoms with E-state index in [-0.39, 0.29) is 11.6 Å². The highest BCUT2D eigenvalue weighted by atomic mass is 16.5. The fourth-order valence-electron chi connectivity index (χ4n) is 3.76. The van der Waals surface area contributed by atoms with Crippen LogP contribution in [0.2, 0.25) is 0 Å². The van der Waals surface area contributed by atoms with Crippen LogP contribution in [-0.4, -0.2) is 27.6 Å². The maximum atomic E-state index is 5.85. The summed E-state index contributed by atoms with van der Waals surface area (Å²) >= 11 is 0. The molecule has 1 aliphatic carbocycles. The fraction of sp³-hybridized carbons (Fsp3) is 0.353. The lowest BCUT2D eigenvalue weighted by Gasteiger charge is -2.25. The first-order chi connectivity index (χ1) is 10.7. The van der Waals surface area contributed by atoms with E-state index in [0.717, 1.165) is 24.8 Å². The van der Waals surface area contributed by atoms with Gasteiger partial charge in [-0.15, -0.1) is 0 Å². The monoisotopic (exact) mass is 294 g/mol. The maximum Gasteiger partial charge on any atom is 0.282 e. The van der Waals surface area contributed by atoms with E-state index in [2.05, 4.69) is 40.1 Å². The van der Waals surface area contributed by atoms with Crippen LogP contribution in [0, 0.1) is 0 Å². The summed E-state index contributed by atoms with van der Waals surface area (Å²) in [6.45, 7) is 2.12. The van der Waals surface area contributed by atoms with Crippen LogP contribution < -0.4 is 5.73 Å². The lowest BCUT2D eigenvalue weighted by atomic mass is 9.88. The van der Waals surface area contributed by atoms with E-state index in [1.807, 2.05) is 12.4 Å². The quantitative estimate of drug-likeness (QED) is 0.920. The molecular formula is C17H18N4O. The summed E-state index contributed by atoms with van der Waals surface area (Å²) in [5, 5.41) is 0. The number of aromatic nitrogens is 2. The van der Waals surface area contributed by atoms with E-state index in [1.54, 1.807) is 6.33 Å². The predicted molar refractivity (Wildman–Crippen MR) is 84.4 cm³/mol. The van der Waals surface area contributed by atoms with Gasteiger partial charge in [-0.1, -0.05) is 25.1 Å². The van der Waals surface area contributed by atoms with Crippen molar-refractivity contribution in [1.29, 1.82) is 0 Å². The van der Waals surface area contributed by atoms with Crippen LogP contribution in [0.25, 0.3) is 11.1 Å². The molecule has 0 radical (unpaired) electrons. The molecule has 2 aliphatic rings. The summed E-state index contributed by atoms with van der Waals surface area (Å²) < 4.78 is 5.73. The molecular weight excluding hydrogens is 276 g/mol. The average Bonchev–Trinajstić information content (AvgIpc) is 3.06. The molecule has 0 saturated heterocycles. The molecule has 2 unspecified atom stereocenters. The van der Waals surface area contributed by atoms with Gasteiger partial charge in [0.15, 0.2) is 0 Å². The Labute approximate surface area is 129 Å². The Kier molecular flexibility index (Phi) is 2.89. The number of benzene rings is 1. The number of amidine groups is 1. The third-order valence-electron chi connectivity index (χ3n) is 4.69. The molecule has 2 N–H and O–H groups in total. The Bertz CT molecular complexity index is 744. The van der Waals surface area contributed by atoms with Crippen LogP contribution in [0.3, 0.4) is 0 Å². The summed E-state index contributed by atoms with van der Waals surface area (Å²) in [6.07, 6.45) is 7.95. The maximum absolute atomic E-state index is 5.85. The van der Waals surface area contributed by atoms with E-state index in [4.69, 9.17) is 10.5 Å². The molecule has 2 atom stereocenters. The molecule has 5 heteroatoms.